The van der Waals surface area contributed by atoms with Crippen molar-refractivity contribution in [3.63, 3.8) is 0 Å². The van der Waals surface area contributed by atoms with Gasteiger partial charge in [-0.2, -0.15) is 0 Å². The Labute approximate surface area is 555 Å². The minimum absolute atomic E-state index is 0. The van der Waals surface area contributed by atoms with Crippen LogP contribution in [0, 0.1) is 0 Å². The van der Waals surface area contributed by atoms with Crippen LogP contribution >= 0.6 is 11.4 Å². The maximum Gasteiger partial charge on any atom is 2.00 e. The van der Waals surface area contributed by atoms with E-state index in [1.54, 1.807) is 0 Å². The number of hydrogen-bond acceptors (Lipinski definition) is 8. The molecule has 4 nitrogen and oxygen atoms in total. The molecule has 0 aliphatic rings. The molecule has 0 radical (unpaired) electrons. The Hall–Kier alpha value is 2.36. The standard InChI is InChI=1S/2C36H75O2PS2.Fe/c2*1-3-5-7-9-11-13-15-17-19-21-23-25-27-29-31-33-35-37-39(40,41)38-36-34-32-30-28-26-24-22-20-18-16-14-12-10-8-6-4-2;/h2*3-36H2,1-2H3,(H,40,41);/q;;+2/p-2. The number of unbranched alkanes of at least 4 members (excludes halogenated alkanes) is 60. The van der Waals surface area contributed by atoms with Crippen LogP contribution < -0.4 is 0 Å². The van der Waals surface area contributed by atoms with E-state index in [9.17, 15) is 0 Å². The molecule has 0 atom stereocenters. The van der Waals surface area contributed by atoms with Gasteiger partial charge in [-0.3, -0.25) is 0 Å². The summed E-state index contributed by atoms with van der Waals surface area (Å²) in [5.74, 6) is 0. The summed E-state index contributed by atoms with van der Waals surface area (Å²) >= 11 is 21.8. The van der Waals surface area contributed by atoms with E-state index in [1.807, 2.05) is 0 Å². The zero-order chi connectivity index (χ0) is 59.9. The molecule has 0 fully saturated rings. The molecule has 0 saturated carbocycles. The van der Waals surface area contributed by atoms with Crippen LogP contribution in [0.1, 0.15) is 439 Å². The molecule has 83 heavy (non-hydrogen) atoms. The fraction of sp³-hybridized carbons (Fsp3) is 1.00. The minimum atomic E-state index is -2.46. The average Bonchev–Trinajstić information content (AvgIpc) is 3.46. The van der Waals surface area contributed by atoms with Crippen molar-refractivity contribution in [3.05, 3.63) is 0 Å². The van der Waals surface area contributed by atoms with E-state index in [0.29, 0.717) is 26.4 Å². The van der Waals surface area contributed by atoms with Gasteiger partial charge in [-0.15, -0.1) is 0 Å². The number of hydrogen-bond donors (Lipinski definition) is 0. The van der Waals surface area contributed by atoms with Crippen molar-refractivity contribution >= 4 is 59.5 Å². The van der Waals surface area contributed by atoms with E-state index in [-0.39, 0.29) is 17.1 Å². The fourth-order valence-corrected chi connectivity index (χ4v) is 14.7. The third-order valence-corrected chi connectivity index (χ3v) is 21.5. The van der Waals surface area contributed by atoms with Gasteiger partial charge in [0.15, 0.2) is 0 Å². The van der Waals surface area contributed by atoms with Crippen LogP contribution in [0.15, 0.2) is 0 Å². The summed E-state index contributed by atoms with van der Waals surface area (Å²) in [4.78, 5) is 0. The molecule has 0 bridgehead atoms. The van der Waals surface area contributed by atoms with Gasteiger partial charge < -0.3 is 42.6 Å². The normalized spacial score (nSPS) is 11.8. The predicted molar refractivity (Wildman–Crippen MR) is 385 cm³/mol. The SMILES string of the molecule is CCCCCCCCCCCCCCCCCCOP(=S)([S-])OCCCCCCCCCCCCCCCCCC.CCCCCCCCCCCCCCCCCCOP(=S)([S-])OCCCCCCCCCCCCCCCCCC.[Fe+2]. The van der Waals surface area contributed by atoms with Gasteiger partial charge in [0, 0.05) is 0 Å². The first kappa shape index (κ1) is 89.6. The maximum absolute atomic E-state index is 5.80. The molecule has 0 saturated heterocycles. The third kappa shape index (κ3) is 84.4. The molecule has 0 aliphatic heterocycles. The quantitative estimate of drug-likeness (QED) is 0.0258. The van der Waals surface area contributed by atoms with Crippen molar-refractivity contribution < 1.29 is 35.2 Å². The van der Waals surface area contributed by atoms with E-state index < -0.39 is 11.4 Å². The van der Waals surface area contributed by atoms with E-state index in [2.05, 4.69) is 27.7 Å². The molecular weight excluding hydrogens is 1170 g/mol. The van der Waals surface area contributed by atoms with Gasteiger partial charge in [-0.05, 0) is 25.7 Å². The molecule has 11 heteroatoms. The van der Waals surface area contributed by atoms with Crippen molar-refractivity contribution in [1.82, 2.24) is 0 Å². The van der Waals surface area contributed by atoms with Crippen LogP contribution in [0.2, 0.25) is 0 Å². The predicted octanol–water partition coefficient (Wildman–Crippen LogP) is 28.6. The van der Waals surface area contributed by atoms with Crippen LogP contribution in [0.3, 0.4) is 0 Å². The Morgan fingerprint density at radius 2 is 0.265 bits per heavy atom. The van der Waals surface area contributed by atoms with E-state index in [0.717, 1.165) is 25.7 Å². The van der Waals surface area contributed by atoms with Gasteiger partial charge in [0.05, 0.1) is 37.8 Å². The number of rotatable bonds is 72. The Kier molecular flexibility index (Phi) is 84.8. The largest absolute Gasteiger partial charge is 2.00 e. The van der Waals surface area contributed by atoms with Crippen LogP contribution in [-0.4, -0.2) is 26.4 Å². The molecule has 0 rings (SSSR count). The van der Waals surface area contributed by atoms with Crippen LogP contribution in [0.4, 0.5) is 0 Å². The summed E-state index contributed by atoms with van der Waals surface area (Å²) in [5.41, 5.74) is -4.91. The summed E-state index contributed by atoms with van der Waals surface area (Å²) in [7, 11) is 0. The summed E-state index contributed by atoms with van der Waals surface area (Å²) in [5, 5.41) is 0. The average molecular weight is 1320 g/mol. The smallest absolute Gasteiger partial charge is 0.691 e. The monoisotopic (exact) mass is 1320 g/mol. The Morgan fingerprint density at radius 3 is 0.361 bits per heavy atom. The minimum Gasteiger partial charge on any atom is -0.691 e. The van der Waals surface area contributed by atoms with Gasteiger partial charge in [0.1, 0.15) is 0 Å². The van der Waals surface area contributed by atoms with Gasteiger partial charge in [-0.1, -0.05) is 437 Å². The van der Waals surface area contributed by atoms with E-state index in [1.165, 1.54) is 385 Å². The summed E-state index contributed by atoms with van der Waals surface area (Å²) < 4.78 is 23.2. The molecule has 0 aromatic rings. The van der Waals surface area contributed by atoms with Crippen molar-refractivity contribution in [1.29, 1.82) is 0 Å². The second-order valence-corrected chi connectivity index (χ2v) is 35.4. The molecule has 502 valence electrons. The van der Waals surface area contributed by atoms with Crippen LogP contribution in [-0.2, 0) is 83.3 Å². The summed E-state index contributed by atoms with van der Waals surface area (Å²) in [6.07, 6.45) is 88.3. The fourth-order valence-electron chi connectivity index (χ4n) is 11.4. The summed E-state index contributed by atoms with van der Waals surface area (Å²) in [6.45, 7) is 11.9. The van der Waals surface area contributed by atoms with Gasteiger partial charge in [0.2, 0.25) is 0 Å². The Morgan fingerprint density at radius 1 is 0.181 bits per heavy atom. The second-order valence-electron chi connectivity index (χ2n) is 25.4. The molecule has 0 heterocycles. The Bertz CT molecular complexity index is 1080. The first-order valence-corrected chi connectivity index (χ1v) is 44.7. The first-order valence-electron chi connectivity index (χ1n) is 37.4. The Balaban J connectivity index is -0.00000152. The molecule has 0 aromatic heterocycles. The summed E-state index contributed by atoms with van der Waals surface area (Å²) in [6, 6.07) is 0. The van der Waals surface area contributed by atoms with Gasteiger partial charge in [0.25, 0.3) is 0 Å². The van der Waals surface area contributed by atoms with Crippen molar-refractivity contribution in [2.45, 2.75) is 439 Å². The van der Waals surface area contributed by atoms with Gasteiger partial charge >= 0.3 is 17.1 Å². The maximum atomic E-state index is 5.80. The second kappa shape index (κ2) is 78.6. The first-order chi connectivity index (χ1) is 40.2. The van der Waals surface area contributed by atoms with Crippen LogP contribution in [0.5, 0.6) is 0 Å². The van der Waals surface area contributed by atoms with Gasteiger partial charge in [-0.25, -0.2) is 0 Å². The molecule has 0 aromatic carbocycles. The third-order valence-electron chi connectivity index (χ3n) is 17.0. The molecule has 0 amide bonds. The van der Waals surface area contributed by atoms with E-state index in [4.69, 9.17) is 66.2 Å². The van der Waals surface area contributed by atoms with Crippen molar-refractivity contribution in [2.24, 2.45) is 0 Å². The zero-order valence-electron chi connectivity index (χ0n) is 56.6. The molecule has 0 aliphatic carbocycles. The van der Waals surface area contributed by atoms with Crippen LogP contribution in [0.25, 0.3) is 0 Å². The molecular formula is C72H148FeO4P2S4. The molecule has 0 unspecified atom stereocenters. The van der Waals surface area contributed by atoms with Crippen molar-refractivity contribution in [3.8, 4) is 0 Å². The topological polar surface area (TPSA) is 36.9 Å². The van der Waals surface area contributed by atoms with Crippen molar-refractivity contribution in [2.75, 3.05) is 26.4 Å². The van der Waals surface area contributed by atoms with E-state index >= 15 is 0 Å². The molecule has 0 spiro atoms. The molecule has 0 N–H and O–H groups in total. The zero-order valence-corrected chi connectivity index (χ0v) is 62.8.